The van der Waals surface area contributed by atoms with E-state index in [-0.39, 0.29) is 24.7 Å². The minimum Gasteiger partial charge on any atom is -0.481 e. The van der Waals surface area contributed by atoms with Crippen molar-refractivity contribution in [3.63, 3.8) is 0 Å². The van der Waals surface area contributed by atoms with E-state index >= 15 is 0 Å². The number of rotatable bonds is 4. The standard InChI is InChI=1S/C6H13NO2.ClH/c1-5(2-3-7)4-6(8)9;/h5H,2-4,7H2,1H3,(H,8,9);1H/t5-;/m1./s1. The summed E-state index contributed by atoms with van der Waals surface area (Å²) in [5, 5.41) is 8.27. The summed E-state index contributed by atoms with van der Waals surface area (Å²) in [7, 11) is 0. The Morgan fingerprint density at radius 1 is 1.70 bits per heavy atom. The molecule has 0 saturated carbocycles. The molecule has 0 spiro atoms. The van der Waals surface area contributed by atoms with Gasteiger partial charge in [0.05, 0.1) is 0 Å². The third-order valence-corrected chi connectivity index (χ3v) is 1.18. The highest BCUT2D eigenvalue weighted by molar-refractivity contribution is 5.85. The molecule has 0 saturated heterocycles. The predicted octanol–water partition coefficient (Wildman–Crippen LogP) is 0.868. The molecular formula is C6H14ClNO2. The van der Waals surface area contributed by atoms with Crippen LogP contribution in [0.3, 0.4) is 0 Å². The van der Waals surface area contributed by atoms with Crippen molar-refractivity contribution in [3.8, 4) is 0 Å². The normalized spacial score (nSPS) is 11.8. The van der Waals surface area contributed by atoms with Gasteiger partial charge in [0.2, 0.25) is 0 Å². The number of halogens is 1. The van der Waals surface area contributed by atoms with Crippen LogP contribution in [-0.4, -0.2) is 17.6 Å². The van der Waals surface area contributed by atoms with Gasteiger partial charge in [-0.3, -0.25) is 4.79 Å². The Kier molecular flexibility index (Phi) is 8.48. The molecule has 0 aromatic carbocycles. The molecule has 0 aromatic heterocycles. The zero-order valence-electron chi connectivity index (χ0n) is 6.04. The van der Waals surface area contributed by atoms with E-state index in [1.807, 2.05) is 6.92 Å². The van der Waals surface area contributed by atoms with E-state index in [1.165, 1.54) is 0 Å². The van der Waals surface area contributed by atoms with Crippen molar-refractivity contribution in [3.05, 3.63) is 0 Å². The van der Waals surface area contributed by atoms with Crippen molar-refractivity contribution >= 4 is 18.4 Å². The Balaban J connectivity index is 0. The molecule has 62 valence electrons. The number of carboxylic acid groups (broad SMARTS) is 1. The molecular weight excluding hydrogens is 154 g/mol. The molecule has 3 nitrogen and oxygen atoms in total. The highest BCUT2D eigenvalue weighted by atomic mass is 35.5. The Morgan fingerprint density at radius 3 is 2.50 bits per heavy atom. The van der Waals surface area contributed by atoms with Gasteiger partial charge in [-0.05, 0) is 18.9 Å². The number of carboxylic acids is 1. The Labute approximate surface area is 67.0 Å². The molecule has 0 heterocycles. The summed E-state index contributed by atoms with van der Waals surface area (Å²) < 4.78 is 0. The number of hydrogen-bond donors (Lipinski definition) is 2. The van der Waals surface area contributed by atoms with Crippen LogP contribution in [-0.2, 0) is 4.79 Å². The summed E-state index contributed by atoms with van der Waals surface area (Å²) in [6.45, 7) is 2.47. The van der Waals surface area contributed by atoms with Crippen LogP contribution >= 0.6 is 12.4 Å². The van der Waals surface area contributed by atoms with E-state index in [4.69, 9.17) is 10.8 Å². The predicted molar refractivity (Wildman–Crippen MR) is 42.3 cm³/mol. The third-order valence-electron chi connectivity index (χ3n) is 1.18. The van der Waals surface area contributed by atoms with Crippen LogP contribution in [0.2, 0.25) is 0 Å². The van der Waals surface area contributed by atoms with E-state index in [1.54, 1.807) is 0 Å². The first-order chi connectivity index (χ1) is 4.16. The molecule has 0 radical (unpaired) electrons. The lowest BCUT2D eigenvalue weighted by atomic mass is 10.1. The van der Waals surface area contributed by atoms with Gasteiger partial charge in [0.25, 0.3) is 0 Å². The molecule has 0 rings (SSSR count). The van der Waals surface area contributed by atoms with Crippen LogP contribution in [0.25, 0.3) is 0 Å². The summed E-state index contributed by atoms with van der Waals surface area (Å²) in [4.78, 5) is 10.0. The van der Waals surface area contributed by atoms with Gasteiger partial charge in [-0.2, -0.15) is 0 Å². The zero-order valence-corrected chi connectivity index (χ0v) is 6.86. The minimum atomic E-state index is -0.740. The maximum Gasteiger partial charge on any atom is 0.303 e. The van der Waals surface area contributed by atoms with Crippen LogP contribution < -0.4 is 5.73 Å². The summed E-state index contributed by atoms with van der Waals surface area (Å²) >= 11 is 0. The lowest BCUT2D eigenvalue weighted by Crippen LogP contribution is -2.09. The van der Waals surface area contributed by atoms with Crippen LogP contribution in [0.4, 0.5) is 0 Å². The molecule has 0 amide bonds. The van der Waals surface area contributed by atoms with E-state index in [0.29, 0.717) is 6.54 Å². The van der Waals surface area contributed by atoms with Gasteiger partial charge in [-0.1, -0.05) is 6.92 Å². The zero-order chi connectivity index (χ0) is 7.28. The van der Waals surface area contributed by atoms with Gasteiger partial charge < -0.3 is 10.8 Å². The summed E-state index contributed by atoms with van der Waals surface area (Å²) in [6, 6.07) is 0. The molecule has 1 atom stereocenters. The first-order valence-electron chi connectivity index (χ1n) is 3.08. The van der Waals surface area contributed by atoms with Crippen molar-refractivity contribution in [2.24, 2.45) is 11.7 Å². The molecule has 0 aromatic rings. The van der Waals surface area contributed by atoms with Crippen LogP contribution in [0.5, 0.6) is 0 Å². The average Bonchev–Trinajstić information content (AvgIpc) is 1.63. The fourth-order valence-corrected chi connectivity index (χ4v) is 0.685. The van der Waals surface area contributed by atoms with Crippen LogP contribution in [0, 0.1) is 5.92 Å². The molecule has 0 aliphatic carbocycles. The van der Waals surface area contributed by atoms with Crippen LogP contribution in [0.1, 0.15) is 19.8 Å². The highest BCUT2D eigenvalue weighted by Crippen LogP contribution is 2.04. The monoisotopic (exact) mass is 167 g/mol. The van der Waals surface area contributed by atoms with Gasteiger partial charge in [0.1, 0.15) is 0 Å². The fraction of sp³-hybridized carbons (Fsp3) is 0.833. The van der Waals surface area contributed by atoms with E-state index < -0.39 is 5.97 Å². The smallest absolute Gasteiger partial charge is 0.303 e. The topological polar surface area (TPSA) is 63.3 Å². The average molecular weight is 168 g/mol. The summed E-state index contributed by atoms with van der Waals surface area (Å²) in [5.74, 6) is -0.525. The number of aliphatic carboxylic acids is 1. The largest absolute Gasteiger partial charge is 0.481 e. The molecule has 0 aliphatic heterocycles. The van der Waals surface area contributed by atoms with Gasteiger partial charge >= 0.3 is 5.97 Å². The van der Waals surface area contributed by atoms with Crippen LogP contribution in [0.15, 0.2) is 0 Å². The second kappa shape index (κ2) is 6.83. The van der Waals surface area contributed by atoms with E-state index in [2.05, 4.69) is 0 Å². The highest BCUT2D eigenvalue weighted by Gasteiger charge is 2.04. The maximum absolute atomic E-state index is 10.0. The first-order valence-corrected chi connectivity index (χ1v) is 3.08. The molecule has 0 bridgehead atoms. The number of hydrogen-bond acceptors (Lipinski definition) is 2. The second-order valence-corrected chi connectivity index (χ2v) is 2.28. The van der Waals surface area contributed by atoms with Gasteiger partial charge in [0, 0.05) is 6.42 Å². The second-order valence-electron chi connectivity index (χ2n) is 2.28. The van der Waals surface area contributed by atoms with Crippen molar-refractivity contribution in [1.29, 1.82) is 0 Å². The minimum absolute atomic E-state index is 0. The molecule has 10 heavy (non-hydrogen) atoms. The summed E-state index contributed by atoms with van der Waals surface area (Å²) in [5.41, 5.74) is 5.21. The first kappa shape index (κ1) is 12.4. The summed E-state index contributed by atoms with van der Waals surface area (Å²) in [6.07, 6.45) is 1.03. The van der Waals surface area contributed by atoms with Gasteiger partial charge in [-0.25, -0.2) is 0 Å². The van der Waals surface area contributed by atoms with Crippen molar-refractivity contribution in [1.82, 2.24) is 0 Å². The van der Waals surface area contributed by atoms with Crippen molar-refractivity contribution < 1.29 is 9.90 Å². The Morgan fingerprint density at radius 2 is 2.20 bits per heavy atom. The Bertz CT molecular complexity index is 97.7. The number of nitrogens with two attached hydrogens (primary N) is 1. The van der Waals surface area contributed by atoms with E-state index in [0.717, 1.165) is 6.42 Å². The number of carbonyl (C=O) groups is 1. The Hall–Kier alpha value is -0.280. The molecule has 3 N–H and O–H groups in total. The quantitative estimate of drug-likeness (QED) is 0.653. The molecule has 4 heteroatoms. The lowest BCUT2D eigenvalue weighted by Gasteiger charge is -2.03. The maximum atomic E-state index is 10.0. The fourth-order valence-electron chi connectivity index (χ4n) is 0.685. The van der Waals surface area contributed by atoms with Crippen molar-refractivity contribution in [2.75, 3.05) is 6.54 Å². The van der Waals surface area contributed by atoms with Gasteiger partial charge in [-0.15, -0.1) is 12.4 Å². The molecule has 0 unspecified atom stereocenters. The third kappa shape index (κ3) is 7.72. The van der Waals surface area contributed by atoms with Crippen molar-refractivity contribution in [2.45, 2.75) is 19.8 Å². The lowest BCUT2D eigenvalue weighted by molar-refractivity contribution is -0.137. The van der Waals surface area contributed by atoms with E-state index in [9.17, 15) is 4.79 Å². The molecule has 0 fully saturated rings. The molecule has 0 aliphatic rings. The SMILES string of the molecule is C[C@H](CCN)CC(=O)O.Cl. The van der Waals surface area contributed by atoms with Gasteiger partial charge in [0.15, 0.2) is 0 Å².